The molecule has 1 aromatic rings. The molecule has 3 aliphatic rings. The first-order valence-corrected chi connectivity index (χ1v) is 8.92. The second-order valence-corrected chi connectivity index (χ2v) is 6.96. The van der Waals surface area contributed by atoms with Gasteiger partial charge in [-0.15, -0.1) is 0 Å². The van der Waals surface area contributed by atoms with Crippen molar-refractivity contribution in [3.63, 3.8) is 0 Å². The van der Waals surface area contributed by atoms with Gasteiger partial charge in [-0.3, -0.25) is 0 Å². The van der Waals surface area contributed by atoms with Crippen molar-refractivity contribution in [3.8, 4) is 0 Å². The molecule has 2 saturated heterocycles. The summed E-state index contributed by atoms with van der Waals surface area (Å²) in [7, 11) is 0. The van der Waals surface area contributed by atoms with Gasteiger partial charge in [0.2, 0.25) is 0 Å². The highest BCUT2D eigenvalue weighted by Crippen LogP contribution is 2.39. The first-order chi connectivity index (χ1) is 11.3. The lowest BCUT2D eigenvalue weighted by Gasteiger charge is -2.32. The van der Waals surface area contributed by atoms with Gasteiger partial charge in [0.25, 0.3) is 0 Å². The van der Waals surface area contributed by atoms with Crippen LogP contribution in [-0.2, 0) is 25.6 Å². The van der Waals surface area contributed by atoms with E-state index in [1.807, 2.05) is 18.2 Å². The first kappa shape index (κ1) is 15.6. The minimum atomic E-state index is -0.332. The Bertz CT molecular complexity index is 493. The molecule has 3 atom stereocenters. The summed E-state index contributed by atoms with van der Waals surface area (Å²) in [4.78, 5) is 0. The zero-order valence-electron chi connectivity index (χ0n) is 13.6. The van der Waals surface area contributed by atoms with E-state index in [9.17, 15) is 0 Å². The zero-order valence-corrected chi connectivity index (χ0v) is 13.6. The molecule has 126 valence electrons. The smallest absolute Gasteiger partial charge is 0.169 e. The Hall–Kier alpha value is -0.940. The van der Waals surface area contributed by atoms with Crippen LogP contribution in [0.15, 0.2) is 30.3 Å². The average molecular weight is 318 g/mol. The van der Waals surface area contributed by atoms with Crippen molar-refractivity contribution in [2.45, 2.75) is 69.2 Å². The third-order valence-corrected chi connectivity index (χ3v) is 5.11. The van der Waals surface area contributed by atoms with Crippen LogP contribution in [0.5, 0.6) is 0 Å². The molecular formula is C19H26O4. The van der Waals surface area contributed by atoms with Crippen molar-refractivity contribution in [1.82, 2.24) is 0 Å². The van der Waals surface area contributed by atoms with Crippen LogP contribution in [0.3, 0.4) is 0 Å². The molecular weight excluding hydrogens is 292 g/mol. The van der Waals surface area contributed by atoms with E-state index >= 15 is 0 Å². The van der Waals surface area contributed by atoms with Crippen molar-refractivity contribution < 1.29 is 18.9 Å². The predicted octanol–water partition coefficient (Wildman–Crippen LogP) is 3.44. The summed E-state index contributed by atoms with van der Waals surface area (Å²) in [6.07, 6.45) is 7.05. The molecule has 0 bridgehead atoms. The standard InChI is InChI=1S/C19H26O4/c1-3-7-15(8-4-1)12-21-17(11-16-13-20-16)18-14-22-19(23-18)9-5-2-6-10-19/h1,3-4,7-8,16-18H,2,5-6,9-14H2/t16-,17-,18+/m0/s1. The molecule has 1 aliphatic carbocycles. The number of hydrogen-bond acceptors (Lipinski definition) is 4. The van der Waals surface area contributed by atoms with Crippen LogP contribution in [0, 0.1) is 0 Å². The monoisotopic (exact) mass is 318 g/mol. The van der Waals surface area contributed by atoms with E-state index < -0.39 is 0 Å². The maximum absolute atomic E-state index is 6.37. The first-order valence-electron chi connectivity index (χ1n) is 8.92. The van der Waals surface area contributed by atoms with E-state index in [4.69, 9.17) is 18.9 Å². The second-order valence-electron chi connectivity index (χ2n) is 6.96. The minimum Gasteiger partial charge on any atom is -0.373 e. The molecule has 1 spiro atoms. The summed E-state index contributed by atoms with van der Waals surface area (Å²) in [5, 5.41) is 0. The number of rotatable bonds is 6. The highest BCUT2D eigenvalue weighted by atomic mass is 16.8. The third-order valence-electron chi connectivity index (χ3n) is 5.11. The molecule has 0 unspecified atom stereocenters. The van der Waals surface area contributed by atoms with Crippen LogP contribution < -0.4 is 0 Å². The van der Waals surface area contributed by atoms with Gasteiger partial charge >= 0.3 is 0 Å². The Morgan fingerprint density at radius 3 is 2.61 bits per heavy atom. The van der Waals surface area contributed by atoms with Crippen molar-refractivity contribution in [3.05, 3.63) is 35.9 Å². The lowest BCUT2D eigenvalue weighted by molar-refractivity contribution is -0.200. The highest BCUT2D eigenvalue weighted by molar-refractivity contribution is 5.13. The second kappa shape index (κ2) is 6.89. The summed E-state index contributed by atoms with van der Waals surface area (Å²) in [6.45, 7) is 2.11. The Kier molecular flexibility index (Phi) is 4.67. The van der Waals surface area contributed by atoms with Crippen molar-refractivity contribution in [1.29, 1.82) is 0 Å². The van der Waals surface area contributed by atoms with Crippen molar-refractivity contribution in [2.24, 2.45) is 0 Å². The van der Waals surface area contributed by atoms with E-state index in [1.54, 1.807) is 0 Å². The van der Waals surface area contributed by atoms with Crippen LogP contribution in [0.1, 0.15) is 44.1 Å². The van der Waals surface area contributed by atoms with Gasteiger partial charge in [0.1, 0.15) is 6.10 Å². The molecule has 4 rings (SSSR count). The predicted molar refractivity (Wildman–Crippen MR) is 86.0 cm³/mol. The van der Waals surface area contributed by atoms with Crippen molar-refractivity contribution in [2.75, 3.05) is 13.2 Å². The van der Waals surface area contributed by atoms with E-state index in [-0.39, 0.29) is 18.0 Å². The fourth-order valence-corrected chi connectivity index (χ4v) is 3.68. The maximum Gasteiger partial charge on any atom is 0.169 e. The van der Waals surface area contributed by atoms with Gasteiger partial charge in [-0.25, -0.2) is 0 Å². The van der Waals surface area contributed by atoms with Gasteiger partial charge in [-0.1, -0.05) is 36.8 Å². The van der Waals surface area contributed by atoms with E-state index in [0.29, 0.717) is 19.3 Å². The quantitative estimate of drug-likeness (QED) is 0.753. The Labute approximate surface area is 138 Å². The van der Waals surface area contributed by atoms with Crippen LogP contribution in [0.4, 0.5) is 0 Å². The van der Waals surface area contributed by atoms with E-state index in [2.05, 4.69) is 12.1 Å². The molecule has 0 aromatic heterocycles. The largest absolute Gasteiger partial charge is 0.373 e. The maximum atomic E-state index is 6.37. The third kappa shape index (κ3) is 3.94. The summed E-state index contributed by atoms with van der Waals surface area (Å²) in [5.41, 5.74) is 1.19. The Morgan fingerprint density at radius 1 is 1.09 bits per heavy atom. The van der Waals surface area contributed by atoms with Crippen LogP contribution in [-0.4, -0.2) is 37.3 Å². The summed E-state index contributed by atoms with van der Waals surface area (Å²) >= 11 is 0. The average Bonchev–Trinajstić information content (AvgIpc) is 3.34. The van der Waals surface area contributed by atoms with Crippen LogP contribution in [0.2, 0.25) is 0 Å². The fourth-order valence-electron chi connectivity index (χ4n) is 3.68. The number of hydrogen-bond donors (Lipinski definition) is 0. The van der Waals surface area contributed by atoms with Gasteiger partial charge in [-0.05, 0) is 18.4 Å². The summed E-state index contributed by atoms with van der Waals surface area (Å²) < 4.78 is 24.1. The fraction of sp³-hybridized carbons (Fsp3) is 0.684. The van der Waals surface area contributed by atoms with Gasteiger partial charge in [0, 0.05) is 19.3 Å². The molecule has 1 saturated carbocycles. The Morgan fingerprint density at radius 2 is 1.87 bits per heavy atom. The highest BCUT2D eigenvalue weighted by Gasteiger charge is 2.46. The lowest BCUT2D eigenvalue weighted by atomic mass is 9.94. The number of benzene rings is 1. The van der Waals surface area contributed by atoms with E-state index in [1.165, 1.54) is 24.8 Å². The molecule has 2 heterocycles. The summed E-state index contributed by atoms with van der Waals surface area (Å²) in [5.74, 6) is -0.332. The van der Waals surface area contributed by atoms with Gasteiger partial charge in [0.15, 0.2) is 5.79 Å². The zero-order chi connectivity index (χ0) is 15.5. The Balaban J connectivity index is 1.37. The van der Waals surface area contributed by atoms with Gasteiger partial charge in [-0.2, -0.15) is 0 Å². The van der Waals surface area contributed by atoms with E-state index in [0.717, 1.165) is 25.9 Å². The molecule has 4 heteroatoms. The number of ether oxygens (including phenoxy) is 4. The molecule has 23 heavy (non-hydrogen) atoms. The van der Waals surface area contributed by atoms with Gasteiger partial charge < -0.3 is 18.9 Å². The SMILES string of the molecule is c1ccc(CO[C@@H](C[C@H]2CO2)[C@H]2COC3(CCCCC3)O2)cc1. The van der Waals surface area contributed by atoms with Gasteiger partial charge in [0.05, 0.1) is 32.0 Å². The normalized spacial score (nSPS) is 30.4. The van der Waals surface area contributed by atoms with Crippen LogP contribution in [0.25, 0.3) is 0 Å². The van der Waals surface area contributed by atoms with Crippen molar-refractivity contribution >= 4 is 0 Å². The van der Waals surface area contributed by atoms with Crippen LogP contribution >= 0.6 is 0 Å². The number of epoxide rings is 1. The molecule has 0 radical (unpaired) electrons. The topological polar surface area (TPSA) is 40.2 Å². The molecule has 4 nitrogen and oxygen atoms in total. The molecule has 1 aromatic carbocycles. The summed E-state index contributed by atoms with van der Waals surface area (Å²) in [6, 6.07) is 10.3. The molecule has 3 fully saturated rings. The minimum absolute atomic E-state index is 0.0287. The lowest BCUT2D eigenvalue weighted by Crippen LogP contribution is -2.37. The molecule has 0 N–H and O–H groups in total. The molecule has 0 amide bonds. The molecule has 2 aliphatic heterocycles.